The summed E-state index contributed by atoms with van der Waals surface area (Å²) in [5, 5.41) is 15.6. The van der Waals surface area contributed by atoms with Crippen molar-refractivity contribution in [3.63, 3.8) is 0 Å². The van der Waals surface area contributed by atoms with Crippen molar-refractivity contribution in [1.82, 2.24) is 20.7 Å². The van der Waals surface area contributed by atoms with Crippen molar-refractivity contribution < 1.29 is 18.5 Å². The van der Waals surface area contributed by atoms with E-state index in [-0.39, 0.29) is 5.91 Å². The Morgan fingerprint density at radius 1 is 1.12 bits per heavy atom. The number of carbonyl (C=O) groups is 1. The Hall–Kier alpha value is -4.14. The van der Waals surface area contributed by atoms with Gasteiger partial charge in [0, 0.05) is 12.1 Å². The predicted molar refractivity (Wildman–Crippen MR) is 125 cm³/mol. The number of hydrogen-bond donors (Lipinski definition) is 1. The maximum atomic E-state index is 12.6. The summed E-state index contributed by atoms with van der Waals surface area (Å²) >= 11 is 0. The number of carbonyl (C=O) groups excluding carboxylic acids is 1. The zero-order valence-electron chi connectivity index (χ0n) is 19.0. The van der Waals surface area contributed by atoms with Crippen LogP contribution in [0.4, 0.5) is 5.69 Å². The third-order valence-electron chi connectivity index (χ3n) is 5.62. The van der Waals surface area contributed by atoms with Crippen LogP contribution in [-0.2, 0) is 11.3 Å². The number of hydrogen-bond acceptors (Lipinski definition) is 8. The summed E-state index contributed by atoms with van der Waals surface area (Å²) in [6.45, 7) is 5.13. The van der Waals surface area contributed by atoms with E-state index in [1.54, 1.807) is 0 Å². The topological polar surface area (TPSA) is 107 Å². The Balaban J connectivity index is 1.41. The number of ether oxygens (including phenoxy) is 1. The second kappa shape index (κ2) is 9.38. The van der Waals surface area contributed by atoms with E-state index >= 15 is 0 Å². The molecule has 0 aliphatic carbocycles. The lowest BCUT2D eigenvalue weighted by Gasteiger charge is -2.34. The molecule has 4 aromatic rings. The molecule has 0 bridgehead atoms. The molecule has 1 aliphatic rings. The largest absolute Gasteiger partial charge is 0.477 e. The standard InChI is InChI=1S/C25H25N5O4/c1-3-13-26-24(31)20-14-30(18-11-7-8-12-19(18)32-20)15-21-27-28-25(33-21)22-16(2)34-29-23(22)17-9-5-4-6-10-17/h4-12,20H,3,13-15H2,1-2H3,(H,26,31)/t20-/m0/s1. The van der Waals surface area contributed by atoms with Crippen LogP contribution in [-0.4, -0.2) is 40.5 Å². The normalized spacial score (nSPS) is 15.0. The minimum atomic E-state index is -0.631. The molecule has 0 fully saturated rings. The molecule has 0 radical (unpaired) electrons. The molecule has 0 unspecified atom stereocenters. The molecule has 1 N–H and O–H groups in total. The van der Waals surface area contributed by atoms with Gasteiger partial charge < -0.3 is 23.9 Å². The zero-order chi connectivity index (χ0) is 23.5. The van der Waals surface area contributed by atoms with Crippen molar-refractivity contribution >= 4 is 11.6 Å². The van der Waals surface area contributed by atoms with Crippen molar-refractivity contribution in [2.24, 2.45) is 0 Å². The fraction of sp³-hybridized carbons (Fsp3) is 0.280. The van der Waals surface area contributed by atoms with E-state index in [1.807, 2.05) is 73.3 Å². The Morgan fingerprint density at radius 3 is 2.74 bits per heavy atom. The monoisotopic (exact) mass is 459 g/mol. The fourth-order valence-electron chi connectivity index (χ4n) is 3.95. The predicted octanol–water partition coefficient (Wildman–Crippen LogP) is 3.99. The first-order valence-corrected chi connectivity index (χ1v) is 11.3. The summed E-state index contributed by atoms with van der Waals surface area (Å²) in [5.74, 6) is 1.86. The molecule has 174 valence electrons. The second-order valence-electron chi connectivity index (χ2n) is 8.08. The lowest BCUT2D eigenvalue weighted by molar-refractivity contribution is -0.127. The van der Waals surface area contributed by atoms with Crippen molar-refractivity contribution in [1.29, 1.82) is 0 Å². The van der Waals surface area contributed by atoms with Crippen LogP contribution in [0.1, 0.15) is 25.0 Å². The van der Waals surface area contributed by atoms with Crippen molar-refractivity contribution in [2.75, 3.05) is 18.0 Å². The van der Waals surface area contributed by atoms with Crippen molar-refractivity contribution in [3.8, 4) is 28.5 Å². The molecule has 1 atom stereocenters. The van der Waals surface area contributed by atoms with E-state index in [4.69, 9.17) is 13.7 Å². The average Bonchev–Trinajstić information content (AvgIpc) is 3.49. The third-order valence-corrected chi connectivity index (χ3v) is 5.62. The highest BCUT2D eigenvalue weighted by atomic mass is 16.5. The molecule has 0 saturated carbocycles. The second-order valence-corrected chi connectivity index (χ2v) is 8.08. The molecule has 5 rings (SSSR count). The molecule has 1 aliphatic heterocycles. The lowest BCUT2D eigenvalue weighted by Crippen LogP contribution is -2.48. The molecule has 0 spiro atoms. The van der Waals surface area contributed by atoms with Crippen LogP contribution < -0.4 is 15.0 Å². The number of anilines is 1. The number of nitrogens with zero attached hydrogens (tertiary/aromatic N) is 4. The first kappa shape index (κ1) is 21.7. The number of aryl methyl sites for hydroxylation is 1. The average molecular weight is 460 g/mol. The molecule has 1 amide bonds. The van der Waals surface area contributed by atoms with E-state index < -0.39 is 6.10 Å². The van der Waals surface area contributed by atoms with Gasteiger partial charge in [-0.25, -0.2) is 0 Å². The maximum absolute atomic E-state index is 12.6. The summed E-state index contributed by atoms with van der Waals surface area (Å²) in [6.07, 6.45) is 0.227. The Labute approximate surface area is 196 Å². The van der Waals surface area contributed by atoms with E-state index in [2.05, 4.69) is 20.7 Å². The number of nitrogens with one attached hydrogen (secondary N) is 1. The van der Waals surface area contributed by atoms with E-state index in [0.717, 1.165) is 17.7 Å². The summed E-state index contributed by atoms with van der Waals surface area (Å²) in [5.41, 5.74) is 3.09. The van der Waals surface area contributed by atoms with Crippen molar-refractivity contribution in [2.45, 2.75) is 32.9 Å². The van der Waals surface area contributed by atoms with Crippen LogP contribution in [0.25, 0.3) is 22.7 Å². The molecule has 2 aromatic carbocycles. The smallest absolute Gasteiger partial charge is 0.262 e. The highest BCUT2D eigenvalue weighted by Crippen LogP contribution is 2.36. The molecular weight excluding hydrogens is 434 g/mol. The van der Waals surface area contributed by atoms with Crippen LogP contribution >= 0.6 is 0 Å². The number of amides is 1. The van der Waals surface area contributed by atoms with Crippen LogP contribution in [0.3, 0.4) is 0 Å². The quantitative estimate of drug-likeness (QED) is 0.442. The van der Waals surface area contributed by atoms with Gasteiger partial charge >= 0.3 is 0 Å². The summed E-state index contributed by atoms with van der Waals surface area (Å²) in [6, 6.07) is 17.3. The fourth-order valence-corrected chi connectivity index (χ4v) is 3.95. The van der Waals surface area contributed by atoms with Gasteiger partial charge in [0.05, 0.1) is 18.8 Å². The molecule has 9 nitrogen and oxygen atoms in total. The van der Waals surface area contributed by atoms with Gasteiger partial charge in [0.15, 0.2) is 6.10 Å². The number of rotatable bonds is 7. The van der Waals surface area contributed by atoms with Crippen LogP contribution in [0.5, 0.6) is 5.75 Å². The first-order valence-electron chi connectivity index (χ1n) is 11.3. The van der Waals surface area contributed by atoms with Gasteiger partial charge in [0.25, 0.3) is 11.8 Å². The summed E-state index contributed by atoms with van der Waals surface area (Å²) < 4.78 is 17.4. The molecule has 9 heteroatoms. The van der Waals surface area contributed by atoms with Gasteiger partial charge in [-0.2, -0.15) is 0 Å². The van der Waals surface area contributed by atoms with Crippen LogP contribution in [0.15, 0.2) is 63.5 Å². The van der Waals surface area contributed by atoms with Crippen LogP contribution in [0, 0.1) is 6.92 Å². The van der Waals surface area contributed by atoms with Gasteiger partial charge in [-0.05, 0) is 25.5 Å². The molecular formula is C25H25N5O4. The van der Waals surface area contributed by atoms with Gasteiger partial charge in [-0.1, -0.05) is 54.5 Å². The number of para-hydroxylation sites is 2. The van der Waals surface area contributed by atoms with Gasteiger partial charge in [-0.15, -0.1) is 10.2 Å². The lowest BCUT2D eigenvalue weighted by atomic mass is 10.1. The van der Waals surface area contributed by atoms with Crippen molar-refractivity contribution in [3.05, 3.63) is 66.2 Å². The Bertz CT molecular complexity index is 1280. The van der Waals surface area contributed by atoms with E-state index in [9.17, 15) is 4.79 Å². The van der Waals surface area contributed by atoms with E-state index in [1.165, 1.54) is 0 Å². The highest BCUT2D eigenvalue weighted by molar-refractivity contribution is 5.83. The van der Waals surface area contributed by atoms with Gasteiger partial charge in [-0.3, -0.25) is 4.79 Å². The minimum Gasteiger partial charge on any atom is -0.477 e. The third kappa shape index (κ3) is 4.24. The molecule has 2 aromatic heterocycles. The van der Waals surface area contributed by atoms with Gasteiger partial charge in [0.1, 0.15) is 22.8 Å². The summed E-state index contributed by atoms with van der Waals surface area (Å²) in [4.78, 5) is 14.6. The number of benzene rings is 2. The summed E-state index contributed by atoms with van der Waals surface area (Å²) in [7, 11) is 0. The maximum Gasteiger partial charge on any atom is 0.262 e. The highest BCUT2D eigenvalue weighted by Gasteiger charge is 2.31. The SMILES string of the molecule is CCCNC(=O)[C@@H]1CN(Cc2nnc(-c3c(-c4ccccc4)noc3C)o2)c2ccccc2O1. The number of aromatic nitrogens is 3. The Morgan fingerprint density at radius 2 is 1.91 bits per heavy atom. The zero-order valence-corrected chi connectivity index (χ0v) is 19.0. The molecule has 0 saturated heterocycles. The van der Waals surface area contributed by atoms with Crippen LogP contribution in [0.2, 0.25) is 0 Å². The first-order chi connectivity index (χ1) is 16.6. The van der Waals surface area contributed by atoms with Gasteiger partial charge in [0.2, 0.25) is 5.89 Å². The minimum absolute atomic E-state index is 0.139. The van der Waals surface area contributed by atoms with E-state index in [0.29, 0.717) is 54.2 Å². The molecule has 3 heterocycles. The molecule has 34 heavy (non-hydrogen) atoms. The number of fused-ring (bicyclic) bond motifs is 1. The Kier molecular flexibility index (Phi) is 5.99.